The summed E-state index contributed by atoms with van der Waals surface area (Å²) in [5, 5.41) is 8.77. The van der Waals surface area contributed by atoms with Gasteiger partial charge in [0.05, 0.1) is 35.9 Å². The SMILES string of the molecule is CCOC(=O)Cc1cc(C#N)c(C(F)F)c(N)n1. The van der Waals surface area contributed by atoms with Gasteiger partial charge in [-0.3, -0.25) is 4.79 Å². The molecule has 96 valence electrons. The number of esters is 1. The van der Waals surface area contributed by atoms with Gasteiger partial charge in [-0.2, -0.15) is 5.26 Å². The van der Waals surface area contributed by atoms with E-state index in [2.05, 4.69) is 9.72 Å². The molecule has 0 saturated carbocycles. The molecule has 0 aromatic carbocycles. The molecule has 0 saturated heterocycles. The minimum Gasteiger partial charge on any atom is -0.466 e. The van der Waals surface area contributed by atoms with Crippen molar-refractivity contribution in [1.29, 1.82) is 5.26 Å². The number of carbonyl (C=O) groups excluding carboxylic acids is 1. The quantitative estimate of drug-likeness (QED) is 0.825. The van der Waals surface area contributed by atoms with Crippen LogP contribution < -0.4 is 5.73 Å². The molecule has 0 aliphatic carbocycles. The number of anilines is 1. The lowest BCUT2D eigenvalue weighted by atomic mass is 10.1. The van der Waals surface area contributed by atoms with E-state index >= 15 is 0 Å². The number of ether oxygens (including phenoxy) is 1. The van der Waals surface area contributed by atoms with Crippen LogP contribution in [0.1, 0.15) is 30.2 Å². The van der Waals surface area contributed by atoms with Gasteiger partial charge < -0.3 is 10.5 Å². The van der Waals surface area contributed by atoms with Crippen molar-refractivity contribution in [2.45, 2.75) is 19.8 Å². The lowest BCUT2D eigenvalue weighted by Crippen LogP contribution is -2.11. The van der Waals surface area contributed by atoms with Crippen molar-refractivity contribution in [3.63, 3.8) is 0 Å². The molecule has 0 radical (unpaired) electrons. The summed E-state index contributed by atoms with van der Waals surface area (Å²) in [6.45, 7) is 1.84. The highest BCUT2D eigenvalue weighted by molar-refractivity contribution is 5.72. The molecule has 1 aromatic rings. The third-order valence-electron chi connectivity index (χ3n) is 2.11. The zero-order valence-corrected chi connectivity index (χ0v) is 9.61. The Morgan fingerprint density at radius 2 is 2.33 bits per heavy atom. The number of hydrogen-bond acceptors (Lipinski definition) is 5. The van der Waals surface area contributed by atoms with Crippen LogP contribution in [0.25, 0.3) is 0 Å². The van der Waals surface area contributed by atoms with E-state index in [1.807, 2.05) is 0 Å². The number of pyridine rings is 1. The second-order valence-electron chi connectivity index (χ2n) is 3.35. The fourth-order valence-electron chi connectivity index (χ4n) is 1.40. The Labute approximate surface area is 102 Å². The average Bonchev–Trinajstić information content (AvgIpc) is 2.27. The minimum absolute atomic E-state index is 0.131. The van der Waals surface area contributed by atoms with Gasteiger partial charge in [0.15, 0.2) is 0 Å². The number of halogens is 2. The third-order valence-corrected chi connectivity index (χ3v) is 2.11. The van der Waals surface area contributed by atoms with Crippen LogP contribution in [0.4, 0.5) is 14.6 Å². The van der Waals surface area contributed by atoms with Gasteiger partial charge in [-0.1, -0.05) is 0 Å². The van der Waals surface area contributed by atoms with E-state index in [1.165, 1.54) is 0 Å². The number of alkyl halides is 2. The molecule has 0 aliphatic rings. The Hall–Kier alpha value is -2.23. The molecule has 0 fully saturated rings. The van der Waals surface area contributed by atoms with Crippen molar-refractivity contribution in [3.05, 3.63) is 22.9 Å². The van der Waals surface area contributed by atoms with Crippen LogP contribution in [0.5, 0.6) is 0 Å². The van der Waals surface area contributed by atoms with E-state index in [4.69, 9.17) is 11.0 Å². The summed E-state index contributed by atoms with van der Waals surface area (Å²) in [5.41, 5.74) is 4.60. The van der Waals surface area contributed by atoms with Gasteiger partial charge >= 0.3 is 5.97 Å². The first-order chi connectivity index (χ1) is 8.49. The van der Waals surface area contributed by atoms with Gasteiger partial charge in [0, 0.05) is 0 Å². The number of aromatic nitrogens is 1. The highest BCUT2D eigenvalue weighted by Gasteiger charge is 2.20. The van der Waals surface area contributed by atoms with Crippen LogP contribution in [-0.2, 0) is 16.0 Å². The molecule has 7 heteroatoms. The zero-order valence-electron chi connectivity index (χ0n) is 9.61. The molecular formula is C11H11F2N3O2. The highest BCUT2D eigenvalue weighted by Crippen LogP contribution is 2.27. The molecule has 5 nitrogen and oxygen atoms in total. The smallest absolute Gasteiger partial charge is 0.311 e. The molecule has 1 aromatic heterocycles. The predicted octanol–water partition coefficient (Wildman–Crippen LogP) is 1.58. The van der Waals surface area contributed by atoms with Gasteiger partial charge in [0.1, 0.15) is 5.82 Å². The van der Waals surface area contributed by atoms with E-state index in [-0.39, 0.29) is 24.3 Å². The lowest BCUT2D eigenvalue weighted by Gasteiger charge is -2.08. The summed E-state index contributed by atoms with van der Waals surface area (Å²) in [6.07, 6.45) is -3.10. The molecule has 0 unspecified atom stereocenters. The summed E-state index contributed by atoms with van der Waals surface area (Å²) in [7, 11) is 0. The molecule has 18 heavy (non-hydrogen) atoms. The first-order valence-corrected chi connectivity index (χ1v) is 5.12. The molecule has 1 heterocycles. The first kappa shape index (κ1) is 13.8. The van der Waals surface area contributed by atoms with Crippen LogP contribution in [0.2, 0.25) is 0 Å². The van der Waals surface area contributed by atoms with E-state index in [0.717, 1.165) is 6.07 Å². The van der Waals surface area contributed by atoms with Crippen LogP contribution >= 0.6 is 0 Å². The normalized spacial score (nSPS) is 10.2. The molecule has 0 aliphatic heterocycles. The predicted molar refractivity (Wildman–Crippen MR) is 58.7 cm³/mol. The third kappa shape index (κ3) is 3.13. The van der Waals surface area contributed by atoms with E-state index in [9.17, 15) is 13.6 Å². The number of nitrogens with zero attached hydrogens (tertiary/aromatic N) is 2. The Kier molecular flexibility index (Phi) is 4.54. The molecule has 0 bridgehead atoms. The summed E-state index contributed by atoms with van der Waals surface area (Å²) < 4.78 is 29.9. The van der Waals surface area contributed by atoms with Crippen molar-refractivity contribution in [3.8, 4) is 6.07 Å². The fraction of sp³-hybridized carbons (Fsp3) is 0.364. The Morgan fingerprint density at radius 1 is 1.67 bits per heavy atom. The van der Waals surface area contributed by atoms with Crippen LogP contribution in [-0.4, -0.2) is 17.6 Å². The molecule has 0 amide bonds. The number of rotatable bonds is 4. The Bertz CT molecular complexity index is 498. The number of carbonyl (C=O) groups is 1. The van der Waals surface area contributed by atoms with Crippen molar-refractivity contribution in [1.82, 2.24) is 4.98 Å². The number of nitrogen functional groups attached to an aromatic ring is 1. The van der Waals surface area contributed by atoms with E-state index in [1.54, 1.807) is 13.0 Å². The van der Waals surface area contributed by atoms with Gasteiger partial charge in [-0.15, -0.1) is 0 Å². The Morgan fingerprint density at radius 3 is 2.83 bits per heavy atom. The van der Waals surface area contributed by atoms with Gasteiger partial charge in [-0.05, 0) is 13.0 Å². The summed E-state index contributed by atoms with van der Waals surface area (Å²) in [5.74, 6) is -0.999. The lowest BCUT2D eigenvalue weighted by molar-refractivity contribution is -0.142. The number of nitriles is 1. The molecule has 2 N–H and O–H groups in total. The molecule has 0 atom stereocenters. The summed E-state index contributed by atoms with van der Waals surface area (Å²) in [6, 6.07) is 2.73. The minimum atomic E-state index is -2.89. The standard InChI is InChI=1S/C11H11F2N3O2/c1-2-18-8(17)4-7-3-6(5-14)9(10(12)13)11(15)16-7/h3,10H,2,4H2,1H3,(H2,15,16). The van der Waals surface area contributed by atoms with Crippen molar-refractivity contribution >= 4 is 11.8 Å². The van der Waals surface area contributed by atoms with Gasteiger partial charge in [-0.25, -0.2) is 13.8 Å². The molecule has 0 spiro atoms. The topological polar surface area (TPSA) is 89.0 Å². The van der Waals surface area contributed by atoms with Crippen molar-refractivity contribution in [2.24, 2.45) is 0 Å². The maximum absolute atomic E-state index is 12.6. The first-order valence-electron chi connectivity index (χ1n) is 5.12. The second kappa shape index (κ2) is 5.91. The van der Waals surface area contributed by atoms with Gasteiger partial charge in [0.25, 0.3) is 6.43 Å². The highest BCUT2D eigenvalue weighted by atomic mass is 19.3. The maximum atomic E-state index is 12.6. The van der Waals surface area contributed by atoms with E-state index < -0.39 is 23.8 Å². The largest absolute Gasteiger partial charge is 0.466 e. The van der Waals surface area contributed by atoms with Crippen molar-refractivity contribution in [2.75, 3.05) is 12.3 Å². The van der Waals surface area contributed by atoms with E-state index in [0.29, 0.717) is 0 Å². The van der Waals surface area contributed by atoms with Crippen LogP contribution in [0.15, 0.2) is 6.07 Å². The second-order valence-corrected chi connectivity index (χ2v) is 3.35. The molecular weight excluding hydrogens is 244 g/mol. The van der Waals surface area contributed by atoms with Crippen molar-refractivity contribution < 1.29 is 18.3 Å². The fourth-order valence-corrected chi connectivity index (χ4v) is 1.40. The van der Waals surface area contributed by atoms with Gasteiger partial charge in [0.2, 0.25) is 0 Å². The number of hydrogen-bond donors (Lipinski definition) is 1. The van der Waals surface area contributed by atoms with Crippen LogP contribution in [0.3, 0.4) is 0 Å². The average molecular weight is 255 g/mol. The molecule has 1 rings (SSSR count). The van der Waals surface area contributed by atoms with Crippen LogP contribution in [0, 0.1) is 11.3 Å². The summed E-state index contributed by atoms with van der Waals surface area (Å²) >= 11 is 0. The summed E-state index contributed by atoms with van der Waals surface area (Å²) in [4.78, 5) is 14.9. The maximum Gasteiger partial charge on any atom is 0.311 e. The number of nitrogens with two attached hydrogens (primary N) is 1. The Balaban J connectivity index is 3.08. The zero-order chi connectivity index (χ0) is 13.7. The monoisotopic (exact) mass is 255 g/mol.